The molecule has 0 aliphatic carbocycles. The van der Waals surface area contributed by atoms with Gasteiger partial charge in [0.2, 0.25) is 0 Å². The van der Waals surface area contributed by atoms with E-state index in [0.29, 0.717) is 12.0 Å². The van der Waals surface area contributed by atoms with E-state index in [0.717, 1.165) is 22.5 Å². The van der Waals surface area contributed by atoms with Crippen LogP contribution in [0.4, 0.5) is 11.4 Å². The van der Waals surface area contributed by atoms with E-state index in [2.05, 4.69) is 0 Å². The second kappa shape index (κ2) is 10.3. The van der Waals surface area contributed by atoms with Crippen LogP contribution < -0.4 is 9.80 Å². The fraction of sp³-hybridized carbons (Fsp3) is 0.240. The molecule has 4 nitrogen and oxygen atoms in total. The topological polar surface area (TPSA) is 43.8 Å². The summed E-state index contributed by atoms with van der Waals surface area (Å²) >= 11 is 0. The van der Waals surface area contributed by atoms with Crippen molar-refractivity contribution in [1.29, 1.82) is 0 Å². The number of allylic oxidation sites excluding steroid dienone is 3. The molecule has 2 rings (SSSR count). The molecule has 0 amide bonds. The average Bonchev–Trinajstić information content (AvgIpc) is 2.71. The zero-order chi connectivity index (χ0) is 21.4. The van der Waals surface area contributed by atoms with E-state index in [1.807, 2.05) is 93.4 Å². The van der Waals surface area contributed by atoms with Gasteiger partial charge in [0.1, 0.15) is 5.76 Å². The molecule has 1 N–H and O–H groups in total. The predicted octanol–water partition coefficient (Wildman–Crippen LogP) is 5.34. The molecule has 0 unspecified atom stereocenters. The molecule has 4 heteroatoms. The lowest BCUT2D eigenvalue weighted by Crippen LogP contribution is -2.07. The summed E-state index contributed by atoms with van der Waals surface area (Å²) in [6.07, 6.45) is 7.13. The smallest absolute Gasteiger partial charge is 0.185 e. The Morgan fingerprint density at radius 3 is 1.59 bits per heavy atom. The summed E-state index contributed by atoms with van der Waals surface area (Å²) < 4.78 is 0. The van der Waals surface area contributed by atoms with E-state index in [9.17, 15) is 9.90 Å². The van der Waals surface area contributed by atoms with Crippen molar-refractivity contribution in [3.8, 4) is 0 Å². The summed E-state index contributed by atoms with van der Waals surface area (Å²) in [6, 6.07) is 15.9. The van der Waals surface area contributed by atoms with Crippen LogP contribution in [-0.4, -0.2) is 39.1 Å². The van der Waals surface area contributed by atoms with Crippen molar-refractivity contribution in [3.05, 3.63) is 83.1 Å². The van der Waals surface area contributed by atoms with Gasteiger partial charge in [-0.25, -0.2) is 0 Å². The number of carbonyl (C=O) groups excluding carboxylic acids is 1. The third kappa shape index (κ3) is 6.39. The Hall–Kier alpha value is -3.27. The summed E-state index contributed by atoms with van der Waals surface area (Å²) in [6.45, 7) is 1.86. The molecule has 2 aromatic rings. The number of aliphatic hydroxyl groups is 1. The molecule has 0 atom stereocenters. The normalized spacial score (nSPS) is 12.3. The van der Waals surface area contributed by atoms with Crippen LogP contribution in [0.2, 0.25) is 0 Å². The van der Waals surface area contributed by atoms with Gasteiger partial charge in [-0.05, 0) is 54.0 Å². The maximum Gasteiger partial charge on any atom is 0.185 e. The van der Waals surface area contributed by atoms with E-state index in [1.165, 1.54) is 6.08 Å². The zero-order valence-corrected chi connectivity index (χ0v) is 17.9. The molecule has 0 saturated carbocycles. The van der Waals surface area contributed by atoms with E-state index in [1.54, 1.807) is 18.2 Å². The highest BCUT2D eigenvalue weighted by Crippen LogP contribution is 2.17. The van der Waals surface area contributed by atoms with E-state index in [-0.39, 0.29) is 11.5 Å². The number of rotatable bonds is 8. The van der Waals surface area contributed by atoms with Crippen molar-refractivity contribution >= 4 is 29.3 Å². The molecule has 0 heterocycles. The first-order valence-corrected chi connectivity index (χ1v) is 9.69. The Labute approximate surface area is 174 Å². The number of hydrogen-bond acceptors (Lipinski definition) is 4. The molecule has 29 heavy (non-hydrogen) atoms. The first kappa shape index (κ1) is 22.0. The lowest BCUT2D eigenvalue weighted by molar-refractivity contribution is -0.111. The fourth-order valence-electron chi connectivity index (χ4n) is 2.80. The molecule has 0 radical (unpaired) electrons. The van der Waals surface area contributed by atoms with Gasteiger partial charge in [-0.1, -0.05) is 43.3 Å². The van der Waals surface area contributed by atoms with Crippen molar-refractivity contribution in [2.45, 2.75) is 13.3 Å². The third-order valence-electron chi connectivity index (χ3n) is 4.64. The first-order chi connectivity index (χ1) is 13.8. The third-order valence-corrected chi connectivity index (χ3v) is 4.64. The molecule has 0 saturated heterocycles. The minimum Gasteiger partial charge on any atom is -0.508 e. The standard InChI is InChI=1S/C25H30N2O2/c1-6-23(24(28)17-11-19-7-13-21(14-8-19)26(2)3)25(29)18-12-20-9-15-22(16-10-20)27(4)5/h7-18,28H,6H2,1-5H3/b17-11+,18-12+,24-23-. The summed E-state index contributed by atoms with van der Waals surface area (Å²) in [5.41, 5.74) is 4.50. The Morgan fingerprint density at radius 2 is 1.21 bits per heavy atom. The number of benzene rings is 2. The SMILES string of the molecule is CC/C(C(=O)/C=C/c1ccc(N(C)C)cc1)=C(O)\C=C\c1ccc(N(C)C)cc1. The number of ketones is 1. The summed E-state index contributed by atoms with van der Waals surface area (Å²) in [4.78, 5) is 16.6. The summed E-state index contributed by atoms with van der Waals surface area (Å²) in [5.74, 6) is -0.184. The molecule has 152 valence electrons. The molecular formula is C25H30N2O2. The van der Waals surface area contributed by atoms with Gasteiger partial charge in [0.25, 0.3) is 0 Å². The molecule has 0 aromatic heterocycles. The van der Waals surface area contributed by atoms with Crippen molar-refractivity contribution < 1.29 is 9.90 Å². The maximum atomic E-state index is 12.5. The molecule has 0 aliphatic heterocycles. The van der Waals surface area contributed by atoms with Crippen LogP contribution in [0.1, 0.15) is 24.5 Å². The Kier molecular flexibility index (Phi) is 7.84. The fourth-order valence-corrected chi connectivity index (χ4v) is 2.80. The lowest BCUT2D eigenvalue weighted by atomic mass is 10.0. The Bertz CT molecular complexity index is 903. The van der Waals surface area contributed by atoms with Crippen LogP contribution in [-0.2, 0) is 4.79 Å². The maximum absolute atomic E-state index is 12.5. The molecule has 0 aliphatic rings. The number of aliphatic hydroxyl groups excluding tert-OH is 1. The van der Waals surface area contributed by atoms with E-state index in [4.69, 9.17) is 0 Å². The van der Waals surface area contributed by atoms with Gasteiger partial charge in [0.05, 0.1) is 0 Å². The van der Waals surface area contributed by atoms with Crippen LogP contribution in [0.25, 0.3) is 12.2 Å². The highest BCUT2D eigenvalue weighted by molar-refractivity contribution is 6.06. The molecule has 0 bridgehead atoms. The van der Waals surface area contributed by atoms with Crippen molar-refractivity contribution in [1.82, 2.24) is 0 Å². The van der Waals surface area contributed by atoms with Crippen LogP contribution in [0.15, 0.2) is 72.0 Å². The molecule has 0 fully saturated rings. The van der Waals surface area contributed by atoms with Gasteiger partial charge >= 0.3 is 0 Å². The number of hydrogen-bond donors (Lipinski definition) is 1. The van der Waals surface area contributed by atoms with Crippen molar-refractivity contribution in [2.24, 2.45) is 0 Å². The van der Waals surface area contributed by atoms with Crippen molar-refractivity contribution in [2.75, 3.05) is 38.0 Å². The van der Waals surface area contributed by atoms with Gasteiger partial charge in [-0.2, -0.15) is 0 Å². The van der Waals surface area contributed by atoms with Gasteiger partial charge in [-0.3, -0.25) is 4.79 Å². The molecule has 0 spiro atoms. The second-order valence-corrected chi connectivity index (χ2v) is 7.22. The summed E-state index contributed by atoms with van der Waals surface area (Å²) in [7, 11) is 7.95. The lowest BCUT2D eigenvalue weighted by Gasteiger charge is -2.11. The quantitative estimate of drug-likeness (QED) is 0.376. The first-order valence-electron chi connectivity index (χ1n) is 9.69. The van der Waals surface area contributed by atoms with Gasteiger partial charge in [-0.15, -0.1) is 0 Å². The van der Waals surface area contributed by atoms with Crippen LogP contribution >= 0.6 is 0 Å². The van der Waals surface area contributed by atoms with Crippen LogP contribution in [0.5, 0.6) is 0 Å². The average molecular weight is 391 g/mol. The van der Waals surface area contributed by atoms with Gasteiger partial charge < -0.3 is 14.9 Å². The second-order valence-electron chi connectivity index (χ2n) is 7.22. The monoisotopic (exact) mass is 390 g/mol. The Balaban J connectivity index is 2.12. The minimum absolute atomic E-state index is 0.00166. The van der Waals surface area contributed by atoms with Crippen LogP contribution in [0.3, 0.4) is 0 Å². The molecular weight excluding hydrogens is 360 g/mol. The van der Waals surface area contributed by atoms with Crippen molar-refractivity contribution in [3.63, 3.8) is 0 Å². The minimum atomic E-state index is -0.186. The highest BCUT2D eigenvalue weighted by Gasteiger charge is 2.09. The van der Waals surface area contributed by atoms with E-state index >= 15 is 0 Å². The Morgan fingerprint density at radius 1 is 0.793 bits per heavy atom. The number of carbonyl (C=O) groups is 1. The largest absolute Gasteiger partial charge is 0.508 e. The molecule has 2 aromatic carbocycles. The highest BCUT2D eigenvalue weighted by atomic mass is 16.3. The number of anilines is 2. The number of nitrogens with zero attached hydrogens (tertiary/aromatic N) is 2. The van der Waals surface area contributed by atoms with Gasteiger partial charge in [0, 0.05) is 45.1 Å². The predicted molar refractivity (Wildman–Crippen MR) is 125 cm³/mol. The summed E-state index contributed by atoms with van der Waals surface area (Å²) in [5, 5.41) is 10.4. The van der Waals surface area contributed by atoms with E-state index < -0.39 is 0 Å². The van der Waals surface area contributed by atoms with Crippen LogP contribution in [0, 0.1) is 0 Å². The zero-order valence-electron chi connectivity index (χ0n) is 17.9. The van der Waals surface area contributed by atoms with Gasteiger partial charge in [0.15, 0.2) is 5.78 Å².